The lowest BCUT2D eigenvalue weighted by Crippen LogP contribution is -2.52. The van der Waals surface area contributed by atoms with Crippen LogP contribution in [-0.2, 0) is 0 Å². The summed E-state index contributed by atoms with van der Waals surface area (Å²) in [4.78, 5) is 14.2. The molecule has 0 aliphatic heterocycles. The van der Waals surface area contributed by atoms with Gasteiger partial charge < -0.3 is 15.3 Å². The lowest BCUT2D eigenvalue weighted by atomic mass is 9.69. The zero-order valence-corrected chi connectivity index (χ0v) is 13.4. The molecule has 20 heavy (non-hydrogen) atoms. The molecule has 2 N–H and O–H groups in total. The Balaban J connectivity index is 2.02. The van der Waals surface area contributed by atoms with Gasteiger partial charge in [0.25, 0.3) is 0 Å². The number of rotatable bonds is 5. The number of amides is 2. The molecule has 3 unspecified atom stereocenters. The number of carbonyl (C=O) groups is 1. The SMILES string of the molecule is CCCN(CCO)C(=O)NC1CC2CCC1(C)C2(C)C. The summed E-state index contributed by atoms with van der Waals surface area (Å²) < 4.78 is 0. The van der Waals surface area contributed by atoms with Crippen LogP contribution in [0.2, 0.25) is 0 Å². The minimum Gasteiger partial charge on any atom is -0.395 e. The van der Waals surface area contributed by atoms with Crippen molar-refractivity contribution in [2.75, 3.05) is 19.7 Å². The predicted molar refractivity (Wildman–Crippen MR) is 80.5 cm³/mol. The maximum atomic E-state index is 12.4. The van der Waals surface area contributed by atoms with Crippen molar-refractivity contribution in [3.63, 3.8) is 0 Å². The summed E-state index contributed by atoms with van der Waals surface area (Å²) in [5.41, 5.74) is 0.530. The van der Waals surface area contributed by atoms with Gasteiger partial charge in [-0.3, -0.25) is 0 Å². The number of urea groups is 1. The third kappa shape index (κ3) is 2.32. The van der Waals surface area contributed by atoms with Gasteiger partial charge >= 0.3 is 6.03 Å². The van der Waals surface area contributed by atoms with Crippen LogP contribution >= 0.6 is 0 Å². The second-order valence-corrected chi connectivity index (χ2v) is 7.32. The highest BCUT2D eigenvalue weighted by atomic mass is 16.3. The molecule has 4 heteroatoms. The summed E-state index contributed by atoms with van der Waals surface area (Å²) in [6.07, 6.45) is 4.53. The molecule has 0 aromatic carbocycles. The van der Waals surface area contributed by atoms with E-state index in [2.05, 4.69) is 33.0 Å². The van der Waals surface area contributed by atoms with Crippen molar-refractivity contribution in [1.82, 2.24) is 10.2 Å². The first-order valence-corrected chi connectivity index (χ1v) is 8.03. The van der Waals surface area contributed by atoms with Gasteiger partial charge in [-0.2, -0.15) is 0 Å². The summed E-state index contributed by atoms with van der Waals surface area (Å²) in [6.45, 7) is 10.3. The Morgan fingerprint density at radius 3 is 2.50 bits per heavy atom. The molecule has 0 aromatic rings. The molecule has 2 rings (SSSR count). The van der Waals surface area contributed by atoms with Gasteiger partial charge in [-0.1, -0.05) is 27.7 Å². The molecular formula is C16H30N2O2. The third-order valence-electron chi connectivity index (χ3n) is 6.24. The fraction of sp³-hybridized carbons (Fsp3) is 0.938. The summed E-state index contributed by atoms with van der Waals surface area (Å²) >= 11 is 0. The van der Waals surface area contributed by atoms with E-state index in [-0.39, 0.29) is 24.1 Å². The Bertz CT molecular complexity index is 363. The Labute approximate surface area is 122 Å². The Morgan fingerprint density at radius 1 is 1.35 bits per heavy atom. The maximum Gasteiger partial charge on any atom is 0.317 e. The Morgan fingerprint density at radius 2 is 2.05 bits per heavy atom. The molecule has 4 nitrogen and oxygen atoms in total. The zero-order valence-electron chi connectivity index (χ0n) is 13.4. The van der Waals surface area contributed by atoms with E-state index in [0.717, 1.165) is 18.8 Å². The van der Waals surface area contributed by atoms with E-state index in [9.17, 15) is 4.79 Å². The highest BCUT2D eigenvalue weighted by Gasteiger charge is 2.61. The van der Waals surface area contributed by atoms with Crippen LogP contribution < -0.4 is 5.32 Å². The summed E-state index contributed by atoms with van der Waals surface area (Å²) in [5, 5.41) is 12.3. The van der Waals surface area contributed by atoms with Gasteiger partial charge in [-0.05, 0) is 42.4 Å². The zero-order chi connectivity index (χ0) is 15.0. The van der Waals surface area contributed by atoms with Gasteiger partial charge in [-0.15, -0.1) is 0 Å². The average molecular weight is 282 g/mol. The van der Waals surface area contributed by atoms with E-state index in [0.29, 0.717) is 18.5 Å². The van der Waals surface area contributed by atoms with Gasteiger partial charge in [0.1, 0.15) is 0 Å². The van der Waals surface area contributed by atoms with Crippen LogP contribution in [0.4, 0.5) is 4.79 Å². The van der Waals surface area contributed by atoms with Gasteiger partial charge in [0.05, 0.1) is 6.61 Å². The second-order valence-electron chi connectivity index (χ2n) is 7.32. The molecule has 2 aliphatic rings. The van der Waals surface area contributed by atoms with E-state index in [1.165, 1.54) is 12.8 Å². The first kappa shape index (κ1) is 15.6. The van der Waals surface area contributed by atoms with E-state index < -0.39 is 0 Å². The summed E-state index contributed by atoms with van der Waals surface area (Å²) in [7, 11) is 0. The number of nitrogens with one attached hydrogen (secondary N) is 1. The molecule has 2 saturated carbocycles. The topological polar surface area (TPSA) is 52.6 Å². The fourth-order valence-electron chi connectivity index (χ4n) is 4.37. The molecule has 2 bridgehead atoms. The van der Waals surface area contributed by atoms with Crippen molar-refractivity contribution < 1.29 is 9.90 Å². The fourth-order valence-corrected chi connectivity index (χ4v) is 4.37. The van der Waals surface area contributed by atoms with Crippen LogP contribution in [0.1, 0.15) is 53.4 Å². The number of carbonyl (C=O) groups excluding carboxylic acids is 1. The molecule has 0 saturated heterocycles. The lowest BCUT2D eigenvalue weighted by Gasteiger charge is -2.40. The highest BCUT2D eigenvalue weighted by Crippen LogP contribution is 2.65. The summed E-state index contributed by atoms with van der Waals surface area (Å²) in [6, 6.07) is 0.275. The van der Waals surface area contributed by atoms with Crippen LogP contribution in [-0.4, -0.2) is 41.8 Å². The maximum absolute atomic E-state index is 12.4. The van der Waals surface area contributed by atoms with Gasteiger partial charge in [0, 0.05) is 19.1 Å². The number of fused-ring (bicyclic) bond motifs is 2. The average Bonchev–Trinajstić information content (AvgIpc) is 2.71. The van der Waals surface area contributed by atoms with E-state index in [4.69, 9.17) is 5.11 Å². The first-order valence-electron chi connectivity index (χ1n) is 8.03. The normalized spacial score (nSPS) is 34.2. The molecule has 0 aromatic heterocycles. The molecule has 2 amide bonds. The largest absolute Gasteiger partial charge is 0.395 e. The molecule has 3 atom stereocenters. The first-order chi connectivity index (χ1) is 9.36. The van der Waals surface area contributed by atoms with Crippen LogP contribution in [0.5, 0.6) is 0 Å². The monoisotopic (exact) mass is 282 g/mol. The van der Waals surface area contributed by atoms with Gasteiger partial charge in [0.2, 0.25) is 0 Å². The Kier molecular flexibility index (Phi) is 4.33. The minimum atomic E-state index is -0.00419. The van der Waals surface area contributed by atoms with Crippen molar-refractivity contribution in [3.8, 4) is 0 Å². The standard InChI is InChI=1S/C16H30N2O2/c1-5-8-18(9-10-19)14(20)17-13-11-12-6-7-16(13,4)15(12,2)3/h12-13,19H,5-11H2,1-4H3,(H,17,20). The molecule has 2 aliphatic carbocycles. The van der Waals surface area contributed by atoms with Crippen molar-refractivity contribution >= 4 is 6.03 Å². The van der Waals surface area contributed by atoms with Gasteiger partial charge in [0.15, 0.2) is 0 Å². The van der Waals surface area contributed by atoms with Crippen LogP contribution in [0.25, 0.3) is 0 Å². The van der Waals surface area contributed by atoms with Crippen molar-refractivity contribution in [3.05, 3.63) is 0 Å². The summed E-state index contributed by atoms with van der Waals surface area (Å²) in [5.74, 6) is 0.732. The third-order valence-corrected chi connectivity index (χ3v) is 6.24. The quantitative estimate of drug-likeness (QED) is 0.814. The number of aliphatic hydroxyl groups is 1. The molecule has 0 heterocycles. The van der Waals surface area contributed by atoms with Crippen molar-refractivity contribution in [2.45, 2.75) is 59.4 Å². The lowest BCUT2D eigenvalue weighted by molar-refractivity contribution is 0.115. The van der Waals surface area contributed by atoms with E-state index in [1.807, 2.05) is 0 Å². The molecule has 116 valence electrons. The Hall–Kier alpha value is -0.770. The highest BCUT2D eigenvalue weighted by molar-refractivity contribution is 5.74. The number of hydrogen-bond donors (Lipinski definition) is 2. The minimum absolute atomic E-state index is 0.00419. The second kappa shape index (κ2) is 5.55. The number of aliphatic hydroxyl groups excluding tert-OH is 1. The van der Waals surface area contributed by atoms with Crippen molar-refractivity contribution in [2.24, 2.45) is 16.7 Å². The van der Waals surface area contributed by atoms with Crippen molar-refractivity contribution in [1.29, 1.82) is 0 Å². The van der Waals surface area contributed by atoms with Crippen LogP contribution in [0.3, 0.4) is 0 Å². The number of nitrogens with zero attached hydrogens (tertiary/aromatic N) is 1. The number of hydrogen-bond acceptors (Lipinski definition) is 2. The molecule has 2 fully saturated rings. The van der Waals surface area contributed by atoms with Crippen LogP contribution in [0.15, 0.2) is 0 Å². The molecule has 0 radical (unpaired) electrons. The van der Waals surface area contributed by atoms with Gasteiger partial charge in [-0.25, -0.2) is 4.79 Å². The molecular weight excluding hydrogens is 252 g/mol. The van der Waals surface area contributed by atoms with E-state index in [1.54, 1.807) is 4.90 Å². The predicted octanol–water partition coefficient (Wildman–Crippen LogP) is 2.62. The smallest absolute Gasteiger partial charge is 0.317 e. The molecule has 0 spiro atoms. The van der Waals surface area contributed by atoms with E-state index >= 15 is 0 Å². The van der Waals surface area contributed by atoms with Crippen LogP contribution in [0, 0.1) is 16.7 Å².